The number of aryl methyl sites for hydroxylation is 1. The number of benzene rings is 2. The maximum Gasteiger partial charge on any atom is 0.220 e. The lowest BCUT2D eigenvalue weighted by atomic mass is 9.97. The molecule has 0 bridgehead atoms. The van der Waals surface area contributed by atoms with E-state index in [0.717, 1.165) is 18.4 Å². The number of nitrogens with one attached hydrogen (secondary N) is 1. The quantitative estimate of drug-likeness (QED) is 0.858. The van der Waals surface area contributed by atoms with Crippen LogP contribution >= 0.6 is 0 Å². The second-order valence-corrected chi connectivity index (χ2v) is 6.24. The van der Waals surface area contributed by atoms with Crippen LogP contribution in [0.15, 0.2) is 48.5 Å². The van der Waals surface area contributed by atoms with Crippen LogP contribution in [0.1, 0.15) is 41.6 Å². The van der Waals surface area contributed by atoms with E-state index in [-0.39, 0.29) is 18.4 Å². The largest absolute Gasteiger partial charge is 0.497 e. The molecular formula is C20H23NO3. The van der Waals surface area contributed by atoms with Gasteiger partial charge in [-0.2, -0.15) is 0 Å². The molecule has 2 unspecified atom stereocenters. The Morgan fingerprint density at radius 2 is 2.12 bits per heavy atom. The number of methoxy groups -OCH3 is 1. The molecule has 0 aliphatic heterocycles. The van der Waals surface area contributed by atoms with E-state index in [2.05, 4.69) is 17.4 Å². The molecule has 2 aromatic rings. The zero-order chi connectivity index (χ0) is 16.9. The standard InChI is InChI=1S/C20H23NO3/c1-24-17-7-4-6-16(11-17)19(22)13-21-20(23)12-15-10-9-14-5-2-3-8-18(14)15/h2-8,11,15,19,22H,9-10,12-13H2,1H3,(H,21,23). The maximum absolute atomic E-state index is 12.2. The number of rotatable bonds is 6. The molecule has 2 N–H and O–H groups in total. The van der Waals surface area contributed by atoms with Gasteiger partial charge in [0.2, 0.25) is 5.91 Å². The SMILES string of the molecule is COc1cccc(C(O)CNC(=O)CC2CCc3ccccc32)c1. The molecule has 1 amide bonds. The van der Waals surface area contributed by atoms with E-state index in [1.165, 1.54) is 11.1 Å². The van der Waals surface area contributed by atoms with Gasteiger partial charge < -0.3 is 15.2 Å². The average Bonchev–Trinajstić information content (AvgIpc) is 3.03. The lowest BCUT2D eigenvalue weighted by Gasteiger charge is -2.15. The minimum atomic E-state index is -0.736. The summed E-state index contributed by atoms with van der Waals surface area (Å²) in [7, 11) is 1.59. The molecule has 0 heterocycles. The Hall–Kier alpha value is -2.33. The number of carbonyl (C=O) groups is 1. The number of ether oxygens (including phenoxy) is 1. The van der Waals surface area contributed by atoms with Crippen LogP contribution in [-0.4, -0.2) is 24.7 Å². The van der Waals surface area contributed by atoms with E-state index in [9.17, 15) is 9.90 Å². The van der Waals surface area contributed by atoms with Crippen molar-refractivity contribution >= 4 is 5.91 Å². The summed E-state index contributed by atoms with van der Waals surface area (Å²) in [5.74, 6) is 0.967. The van der Waals surface area contributed by atoms with Crippen molar-refractivity contribution in [2.45, 2.75) is 31.3 Å². The number of hydrogen-bond donors (Lipinski definition) is 2. The zero-order valence-electron chi connectivity index (χ0n) is 13.9. The van der Waals surface area contributed by atoms with Crippen LogP contribution in [0.2, 0.25) is 0 Å². The van der Waals surface area contributed by atoms with Crippen LogP contribution in [0.3, 0.4) is 0 Å². The number of fused-ring (bicyclic) bond motifs is 1. The molecule has 24 heavy (non-hydrogen) atoms. The third-order valence-electron chi connectivity index (χ3n) is 4.66. The monoisotopic (exact) mass is 325 g/mol. The van der Waals surface area contributed by atoms with Gasteiger partial charge in [-0.15, -0.1) is 0 Å². The average molecular weight is 325 g/mol. The van der Waals surface area contributed by atoms with Crippen molar-refractivity contribution in [2.24, 2.45) is 0 Å². The predicted octanol–water partition coefficient (Wildman–Crippen LogP) is 2.96. The molecule has 2 atom stereocenters. The number of aliphatic hydroxyl groups is 1. The molecule has 0 fully saturated rings. The first-order chi connectivity index (χ1) is 11.7. The smallest absolute Gasteiger partial charge is 0.220 e. The van der Waals surface area contributed by atoms with E-state index in [4.69, 9.17) is 4.74 Å². The Bertz CT molecular complexity index is 714. The van der Waals surface area contributed by atoms with Gasteiger partial charge in [-0.3, -0.25) is 4.79 Å². The number of carbonyl (C=O) groups excluding carboxylic acids is 1. The fourth-order valence-corrected chi connectivity index (χ4v) is 3.33. The molecule has 0 spiro atoms. The van der Waals surface area contributed by atoms with Gasteiger partial charge in [-0.05, 0) is 47.6 Å². The van der Waals surface area contributed by atoms with Crippen molar-refractivity contribution in [3.8, 4) is 5.75 Å². The maximum atomic E-state index is 12.2. The van der Waals surface area contributed by atoms with Crippen LogP contribution in [0, 0.1) is 0 Å². The molecule has 126 valence electrons. The van der Waals surface area contributed by atoms with Crippen molar-refractivity contribution in [2.75, 3.05) is 13.7 Å². The van der Waals surface area contributed by atoms with Crippen molar-refractivity contribution in [3.05, 3.63) is 65.2 Å². The Morgan fingerprint density at radius 1 is 1.29 bits per heavy atom. The second kappa shape index (κ2) is 7.49. The molecule has 4 heteroatoms. The van der Waals surface area contributed by atoms with Crippen LogP contribution in [0.25, 0.3) is 0 Å². The fraction of sp³-hybridized carbons (Fsp3) is 0.350. The van der Waals surface area contributed by atoms with Gasteiger partial charge in [0.25, 0.3) is 0 Å². The van der Waals surface area contributed by atoms with E-state index < -0.39 is 6.10 Å². The second-order valence-electron chi connectivity index (χ2n) is 6.24. The van der Waals surface area contributed by atoms with Crippen molar-refractivity contribution in [1.29, 1.82) is 0 Å². The Kier molecular flexibility index (Phi) is 5.16. The van der Waals surface area contributed by atoms with E-state index >= 15 is 0 Å². The molecule has 2 aromatic carbocycles. The highest BCUT2D eigenvalue weighted by atomic mass is 16.5. The number of hydrogen-bond acceptors (Lipinski definition) is 3. The summed E-state index contributed by atoms with van der Waals surface area (Å²) >= 11 is 0. The molecular weight excluding hydrogens is 302 g/mol. The van der Waals surface area contributed by atoms with Crippen LogP contribution < -0.4 is 10.1 Å². The molecule has 1 aliphatic rings. The van der Waals surface area contributed by atoms with Crippen molar-refractivity contribution in [1.82, 2.24) is 5.32 Å². The molecule has 0 aromatic heterocycles. The van der Waals surface area contributed by atoms with Crippen LogP contribution in [-0.2, 0) is 11.2 Å². The lowest BCUT2D eigenvalue weighted by Crippen LogP contribution is -2.29. The highest BCUT2D eigenvalue weighted by Gasteiger charge is 2.24. The minimum Gasteiger partial charge on any atom is -0.497 e. The molecule has 1 aliphatic carbocycles. The van der Waals surface area contributed by atoms with Gasteiger partial charge in [0.15, 0.2) is 0 Å². The normalized spacial score (nSPS) is 17.2. The molecule has 0 radical (unpaired) electrons. The first kappa shape index (κ1) is 16.5. The summed E-state index contributed by atoms with van der Waals surface area (Å²) < 4.78 is 5.15. The van der Waals surface area contributed by atoms with Gasteiger partial charge in [-0.25, -0.2) is 0 Å². The number of amides is 1. The minimum absolute atomic E-state index is 0.0151. The summed E-state index contributed by atoms with van der Waals surface area (Å²) in [5.41, 5.74) is 3.38. The number of aliphatic hydroxyl groups excluding tert-OH is 1. The molecule has 4 nitrogen and oxygen atoms in total. The third kappa shape index (κ3) is 3.77. The van der Waals surface area contributed by atoms with Crippen LogP contribution in [0.4, 0.5) is 0 Å². The van der Waals surface area contributed by atoms with Crippen molar-refractivity contribution < 1.29 is 14.6 Å². The third-order valence-corrected chi connectivity index (χ3v) is 4.66. The Morgan fingerprint density at radius 3 is 2.96 bits per heavy atom. The van der Waals surface area contributed by atoms with Crippen LogP contribution in [0.5, 0.6) is 5.75 Å². The molecule has 3 rings (SSSR count). The van der Waals surface area contributed by atoms with E-state index in [1.807, 2.05) is 30.3 Å². The Balaban J connectivity index is 1.52. The Labute approximate surface area is 142 Å². The van der Waals surface area contributed by atoms with E-state index in [1.54, 1.807) is 13.2 Å². The lowest BCUT2D eigenvalue weighted by molar-refractivity contribution is -0.121. The highest BCUT2D eigenvalue weighted by Crippen LogP contribution is 2.35. The first-order valence-electron chi connectivity index (χ1n) is 8.34. The molecule has 0 saturated heterocycles. The summed E-state index contributed by atoms with van der Waals surface area (Å²) in [5, 5.41) is 13.1. The summed E-state index contributed by atoms with van der Waals surface area (Å²) in [6.45, 7) is 0.209. The summed E-state index contributed by atoms with van der Waals surface area (Å²) in [6, 6.07) is 15.6. The van der Waals surface area contributed by atoms with E-state index in [0.29, 0.717) is 12.2 Å². The van der Waals surface area contributed by atoms with Gasteiger partial charge in [-0.1, -0.05) is 36.4 Å². The first-order valence-corrected chi connectivity index (χ1v) is 8.34. The zero-order valence-corrected chi connectivity index (χ0v) is 13.9. The van der Waals surface area contributed by atoms with Gasteiger partial charge in [0.05, 0.1) is 13.2 Å². The highest BCUT2D eigenvalue weighted by molar-refractivity contribution is 5.77. The van der Waals surface area contributed by atoms with Gasteiger partial charge in [0, 0.05) is 13.0 Å². The summed E-state index contributed by atoms with van der Waals surface area (Å²) in [4.78, 5) is 12.2. The molecule has 0 saturated carbocycles. The van der Waals surface area contributed by atoms with Gasteiger partial charge >= 0.3 is 0 Å². The summed E-state index contributed by atoms with van der Waals surface area (Å²) in [6.07, 6.45) is 1.80. The van der Waals surface area contributed by atoms with Crippen molar-refractivity contribution in [3.63, 3.8) is 0 Å². The fourth-order valence-electron chi connectivity index (χ4n) is 3.33. The topological polar surface area (TPSA) is 58.6 Å². The predicted molar refractivity (Wildman–Crippen MR) is 93.1 cm³/mol. The van der Waals surface area contributed by atoms with Gasteiger partial charge in [0.1, 0.15) is 5.75 Å².